The van der Waals surface area contributed by atoms with Gasteiger partial charge in [0.25, 0.3) is 0 Å². The number of carbonyl (C=O) groups is 3. The minimum absolute atomic E-state index is 0.123. The third-order valence-corrected chi connectivity index (χ3v) is 5.35. The number of hydrogen-bond acceptors (Lipinski definition) is 5. The Bertz CT molecular complexity index is 1390. The van der Waals surface area contributed by atoms with Crippen molar-refractivity contribution in [1.29, 1.82) is 0 Å². The van der Waals surface area contributed by atoms with Crippen molar-refractivity contribution in [1.82, 2.24) is 4.98 Å². The summed E-state index contributed by atoms with van der Waals surface area (Å²) in [4.78, 5) is 41.9. The smallest absolute Gasteiger partial charge is 0.335 e. The number of aromatic carboxylic acids is 1. The van der Waals surface area contributed by atoms with E-state index in [1.807, 2.05) is 12.1 Å². The molecule has 0 aliphatic heterocycles. The lowest BCUT2D eigenvalue weighted by molar-refractivity contribution is 0.0696. The predicted molar refractivity (Wildman–Crippen MR) is 108 cm³/mol. The number of nitrogens with zero attached hydrogens (tertiary/aromatic N) is 1. The Morgan fingerprint density at radius 3 is 2.28 bits per heavy atom. The second-order valence-electron chi connectivity index (χ2n) is 7.08. The number of hydrogen-bond donors (Lipinski definition) is 2. The standard InChI is InChI=1S/C23H14N2O4/c24-17-3-1-2-11-6-7-18(25-20(11)17)19-21(26)15-9-12-4-5-13(23(28)29)8-14(12)10-16(15)22(19)27/h1-10,19H,24H2,(H,28,29). The molecular weight excluding hydrogens is 368 g/mol. The Kier molecular flexibility index (Phi) is 3.51. The number of benzene rings is 3. The Morgan fingerprint density at radius 1 is 0.862 bits per heavy atom. The van der Waals surface area contributed by atoms with Crippen LogP contribution in [0.15, 0.2) is 60.7 Å². The maximum absolute atomic E-state index is 13.1. The van der Waals surface area contributed by atoms with Crippen molar-refractivity contribution in [3.63, 3.8) is 0 Å². The molecule has 4 aromatic rings. The van der Waals surface area contributed by atoms with Crippen LogP contribution >= 0.6 is 0 Å². The van der Waals surface area contributed by atoms with Gasteiger partial charge in [-0.3, -0.25) is 9.59 Å². The van der Waals surface area contributed by atoms with Crippen LogP contribution < -0.4 is 5.73 Å². The zero-order valence-electron chi connectivity index (χ0n) is 15.0. The maximum Gasteiger partial charge on any atom is 0.335 e. The Labute approximate surface area is 164 Å². The fraction of sp³-hybridized carbons (Fsp3) is 0.0435. The molecule has 0 amide bonds. The molecule has 140 valence electrons. The number of anilines is 1. The molecule has 29 heavy (non-hydrogen) atoms. The van der Waals surface area contributed by atoms with Crippen molar-refractivity contribution in [2.45, 2.75) is 5.92 Å². The zero-order valence-corrected chi connectivity index (χ0v) is 15.0. The lowest BCUT2D eigenvalue weighted by Crippen LogP contribution is -2.14. The Morgan fingerprint density at radius 2 is 1.55 bits per heavy atom. The van der Waals surface area contributed by atoms with Gasteiger partial charge in [0, 0.05) is 16.5 Å². The van der Waals surface area contributed by atoms with Gasteiger partial charge in [-0.05, 0) is 47.2 Å². The fourth-order valence-corrected chi connectivity index (χ4v) is 3.88. The SMILES string of the molecule is Nc1cccc2ccc(C3C(=O)c4cc5ccc(C(=O)O)cc5cc4C3=O)nc12. The summed E-state index contributed by atoms with van der Waals surface area (Å²) in [6.45, 7) is 0. The summed E-state index contributed by atoms with van der Waals surface area (Å²) in [5, 5.41) is 11.3. The van der Waals surface area contributed by atoms with E-state index in [1.165, 1.54) is 12.1 Å². The molecule has 1 aliphatic carbocycles. The van der Waals surface area contributed by atoms with Gasteiger partial charge in [-0.2, -0.15) is 0 Å². The molecule has 1 heterocycles. The molecular formula is C23H14N2O4. The second kappa shape index (κ2) is 5.97. The number of Topliss-reactive ketones (excluding diaryl/α,β-unsaturated/α-hetero) is 2. The second-order valence-corrected chi connectivity index (χ2v) is 7.08. The monoisotopic (exact) mass is 382 g/mol. The zero-order chi connectivity index (χ0) is 20.3. The Balaban J connectivity index is 1.65. The summed E-state index contributed by atoms with van der Waals surface area (Å²) in [5.74, 6) is -2.72. The molecule has 1 unspecified atom stereocenters. The van der Waals surface area contributed by atoms with Crippen molar-refractivity contribution in [2.24, 2.45) is 0 Å². The van der Waals surface area contributed by atoms with E-state index in [4.69, 9.17) is 5.73 Å². The van der Waals surface area contributed by atoms with Gasteiger partial charge < -0.3 is 10.8 Å². The molecule has 0 bridgehead atoms. The molecule has 6 heteroatoms. The first kappa shape index (κ1) is 17.1. The van der Waals surface area contributed by atoms with E-state index >= 15 is 0 Å². The molecule has 1 aromatic heterocycles. The van der Waals surface area contributed by atoms with E-state index < -0.39 is 11.9 Å². The summed E-state index contributed by atoms with van der Waals surface area (Å²) in [7, 11) is 0. The first-order chi connectivity index (χ1) is 13.9. The van der Waals surface area contributed by atoms with E-state index in [9.17, 15) is 19.5 Å². The number of ketones is 2. The molecule has 6 nitrogen and oxygen atoms in total. The minimum atomic E-state index is -1.05. The van der Waals surface area contributed by atoms with E-state index in [-0.39, 0.29) is 22.7 Å². The quantitative estimate of drug-likeness (QED) is 0.403. The number of carbonyl (C=O) groups excluding carboxylic acids is 2. The van der Waals surface area contributed by atoms with Gasteiger partial charge in [0.05, 0.1) is 22.5 Å². The van der Waals surface area contributed by atoms with E-state index in [0.29, 0.717) is 33.2 Å². The van der Waals surface area contributed by atoms with Gasteiger partial charge in [0.15, 0.2) is 11.6 Å². The molecule has 0 spiro atoms. The highest BCUT2D eigenvalue weighted by molar-refractivity contribution is 6.30. The summed E-state index contributed by atoms with van der Waals surface area (Å²) in [6, 6.07) is 16.7. The number of fused-ring (bicyclic) bond motifs is 3. The summed E-state index contributed by atoms with van der Waals surface area (Å²) in [5.41, 5.74) is 8.14. The molecule has 0 fully saturated rings. The molecule has 0 saturated heterocycles. The summed E-state index contributed by atoms with van der Waals surface area (Å²) < 4.78 is 0. The highest BCUT2D eigenvalue weighted by Crippen LogP contribution is 2.36. The van der Waals surface area contributed by atoms with Crippen molar-refractivity contribution >= 4 is 44.9 Å². The van der Waals surface area contributed by atoms with Gasteiger partial charge in [-0.25, -0.2) is 9.78 Å². The van der Waals surface area contributed by atoms with Gasteiger partial charge >= 0.3 is 5.97 Å². The van der Waals surface area contributed by atoms with Crippen LogP contribution in [-0.4, -0.2) is 27.6 Å². The topological polar surface area (TPSA) is 110 Å². The highest BCUT2D eigenvalue weighted by Gasteiger charge is 2.40. The fourth-order valence-electron chi connectivity index (χ4n) is 3.88. The largest absolute Gasteiger partial charge is 0.478 e. The van der Waals surface area contributed by atoms with E-state index in [2.05, 4.69) is 4.98 Å². The van der Waals surface area contributed by atoms with Crippen LogP contribution in [0, 0.1) is 0 Å². The average Bonchev–Trinajstić information content (AvgIpc) is 2.96. The van der Waals surface area contributed by atoms with Crippen LogP contribution in [0.2, 0.25) is 0 Å². The van der Waals surface area contributed by atoms with E-state index in [1.54, 1.807) is 36.4 Å². The van der Waals surface area contributed by atoms with Crippen LogP contribution in [0.5, 0.6) is 0 Å². The molecule has 5 rings (SSSR count). The molecule has 0 radical (unpaired) electrons. The number of nitrogen functional groups attached to an aromatic ring is 1. The molecule has 1 aliphatic rings. The van der Waals surface area contributed by atoms with Gasteiger partial charge in [0.2, 0.25) is 0 Å². The van der Waals surface area contributed by atoms with Crippen molar-refractivity contribution < 1.29 is 19.5 Å². The van der Waals surface area contributed by atoms with Crippen LogP contribution in [-0.2, 0) is 0 Å². The molecule has 3 aromatic carbocycles. The summed E-state index contributed by atoms with van der Waals surface area (Å²) in [6.07, 6.45) is 0. The lowest BCUT2D eigenvalue weighted by atomic mass is 9.98. The van der Waals surface area contributed by atoms with Crippen LogP contribution in [0.3, 0.4) is 0 Å². The highest BCUT2D eigenvalue weighted by atomic mass is 16.4. The molecule has 1 atom stereocenters. The molecule has 3 N–H and O–H groups in total. The lowest BCUT2D eigenvalue weighted by Gasteiger charge is -2.09. The van der Waals surface area contributed by atoms with Gasteiger partial charge in [0.1, 0.15) is 5.92 Å². The van der Waals surface area contributed by atoms with Crippen LogP contribution in [0.4, 0.5) is 5.69 Å². The first-order valence-electron chi connectivity index (χ1n) is 8.99. The molecule has 0 saturated carbocycles. The van der Waals surface area contributed by atoms with Crippen molar-refractivity contribution in [3.05, 3.63) is 83.0 Å². The first-order valence-corrected chi connectivity index (χ1v) is 8.99. The minimum Gasteiger partial charge on any atom is -0.478 e. The van der Waals surface area contributed by atoms with Gasteiger partial charge in [-0.15, -0.1) is 0 Å². The number of carboxylic acids is 1. The Hall–Kier alpha value is -4.06. The summed E-state index contributed by atoms with van der Waals surface area (Å²) >= 11 is 0. The number of aromatic nitrogens is 1. The number of nitrogens with two attached hydrogens (primary N) is 1. The average molecular weight is 382 g/mol. The third-order valence-electron chi connectivity index (χ3n) is 5.35. The normalized spacial score (nSPS) is 15.8. The van der Waals surface area contributed by atoms with Gasteiger partial charge in [-0.1, -0.05) is 24.3 Å². The maximum atomic E-state index is 13.1. The number of rotatable bonds is 2. The number of para-hydroxylation sites is 1. The third kappa shape index (κ3) is 2.50. The van der Waals surface area contributed by atoms with Crippen LogP contribution in [0.1, 0.15) is 42.7 Å². The number of carboxylic acid groups (broad SMARTS) is 1. The predicted octanol–water partition coefficient (Wildman–Crippen LogP) is 3.83. The number of pyridine rings is 1. The van der Waals surface area contributed by atoms with E-state index in [0.717, 1.165) is 5.39 Å². The van der Waals surface area contributed by atoms with Crippen molar-refractivity contribution in [2.75, 3.05) is 5.73 Å². The van der Waals surface area contributed by atoms with Crippen molar-refractivity contribution in [3.8, 4) is 0 Å². The van der Waals surface area contributed by atoms with Crippen LogP contribution in [0.25, 0.3) is 21.7 Å².